The number of nitrogens with zero attached hydrogens (tertiary/aromatic N) is 6. The van der Waals surface area contributed by atoms with E-state index in [1.54, 1.807) is 54.5 Å². The zero-order chi connectivity index (χ0) is 27.9. The van der Waals surface area contributed by atoms with E-state index in [0.29, 0.717) is 29.2 Å². The van der Waals surface area contributed by atoms with E-state index in [9.17, 15) is 18.0 Å². The number of rotatable bonds is 11. The van der Waals surface area contributed by atoms with E-state index in [1.165, 1.54) is 11.9 Å². The Kier molecular flexibility index (Phi) is 9.75. The van der Waals surface area contributed by atoms with Gasteiger partial charge in [0.2, 0.25) is 5.95 Å². The number of likely N-dealkylation sites (N-methyl/N-ethyl adjacent to an activating group) is 2. The number of aromatic nitrogens is 3. The minimum absolute atomic E-state index is 0.0182. The number of benzene rings is 1. The number of hydrogen-bond acceptors (Lipinski definition) is 9. The summed E-state index contributed by atoms with van der Waals surface area (Å²) in [6.45, 7) is 1.39. The fourth-order valence-electron chi connectivity index (χ4n) is 3.40. The predicted octanol–water partition coefficient (Wildman–Crippen LogP) is 4.59. The quantitative estimate of drug-likeness (QED) is 0.334. The van der Waals surface area contributed by atoms with Crippen LogP contribution in [0, 0.1) is 0 Å². The van der Waals surface area contributed by atoms with Crippen molar-refractivity contribution in [2.24, 2.45) is 0 Å². The van der Waals surface area contributed by atoms with Crippen molar-refractivity contribution in [3.8, 4) is 0 Å². The average Bonchev–Trinajstić information content (AvgIpc) is 2.89. The summed E-state index contributed by atoms with van der Waals surface area (Å²) in [5.41, 5.74) is 0.754. The van der Waals surface area contributed by atoms with E-state index in [1.807, 2.05) is 36.6 Å². The number of hydrogen-bond donors (Lipinski definition) is 2. The highest BCUT2D eigenvalue weighted by atomic mass is 32.2. The van der Waals surface area contributed by atoms with Crippen LogP contribution in [0.5, 0.6) is 0 Å². The molecule has 0 aliphatic rings. The largest absolute Gasteiger partial charge is 0.421 e. The highest BCUT2D eigenvalue weighted by molar-refractivity contribution is 7.99. The van der Waals surface area contributed by atoms with E-state index in [-0.39, 0.29) is 24.2 Å². The first-order chi connectivity index (χ1) is 18.0. The van der Waals surface area contributed by atoms with E-state index in [0.717, 1.165) is 12.7 Å². The van der Waals surface area contributed by atoms with Crippen molar-refractivity contribution in [3.05, 3.63) is 65.5 Å². The molecule has 1 aromatic carbocycles. The molecule has 204 valence electrons. The van der Waals surface area contributed by atoms with Gasteiger partial charge in [-0.25, -0.2) is 9.97 Å². The number of nitrogens with one attached hydrogen (secondary N) is 2. The summed E-state index contributed by atoms with van der Waals surface area (Å²) >= 11 is 1.43. The average molecular weight is 549 g/mol. The number of carbonyl (C=O) groups is 1. The number of halogens is 3. The monoisotopic (exact) mass is 548 g/mol. The molecule has 3 aromatic rings. The molecular formula is C25H31F3N8OS. The Morgan fingerprint density at radius 1 is 1.03 bits per heavy atom. The van der Waals surface area contributed by atoms with Crippen molar-refractivity contribution < 1.29 is 18.0 Å². The predicted molar refractivity (Wildman–Crippen MR) is 146 cm³/mol. The topological polar surface area (TPSA) is 89.5 Å². The Balaban J connectivity index is 1.77. The minimum Gasteiger partial charge on any atom is -0.365 e. The van der Waals surface area contributed by atoms with Crippen LogP contribution in [0.1, 0.15) is 21.5 Å². The number of amides is 1. The summed E-state index contributed by atoms with van der Waals surface area (Å²) in [6.07, 6.45) is -0.398. The van der Waals surface area contributed by atoms with E-state index >= 15 is 0 Å². The van der Waals surface area contributed by atoms with Crippen LogP contribution in [0.4, 0.5) is 36.4 Å². The fourth-order valence-corrected chi connectivity index (χ4v) is 3.74. The second-order valence-corrected chi connectivity index (χ2v) is 9.62. The van der Waals surface area contributed by atoms with E-state index in [2.05, 4.69) is 25.6 Å². The Hall–Kier alpha value is -3.58. The summed E-state index contributed by atoms with van der Waals surface area (Å²) in [5, 5.41) is 5.71. The highest BCUT2D eigenvalue weighted by Crippen LogP contribution is 2.34. The van der Waals surface area contributed by atoms with E-state index in [4.69, 9.17) is 0 Å². The van der Waals surface area contributed by atoms with E-state index < -0.39 is 11.7 Å². The SMILES string of the molecule is CSN(C)c1ncccc1CNc1nc(Nc2ccc(C(=O)N(C)CCN(C)C)cc2)ncc1C(F)(F)F. The van der Waals surface area contributed by atoms with Crippen molar-refractivity contribution in [3.63, 3.8) is 0 Å². The number of carbonyl (C=O) groups excluding carboxylic acids is 1. The summed E-state index contributed by atoms with van der Waals surface area (Å²) in [5.74, 6) is 0.134. The second kappa shape index (κ2) is 12.8. The summed E-state index contributed by atoms with van der Waals surface area (Å²) in [4.78, 5) is 28.5. The lowest BCUT2D eigenvalue weighted by Gasteiger charge is -2.20. The maximum Gasteiger partial charge on any atom is 0.421 e. The summed E-state index contributed by atoms with van der Waals surface area (Å²) in [7, 11) is 7.42. The third-order valence-electron chi connectivity index (χ3n) is 5.60. The first kappa shape index (κ1) is 29.0. The molecule has 0 aliphatic heterocycles. The van der Waals surface area contributed by atoms with Crippen LogP contribution in [0.25, 0.3) is 0 Å². The maximum atomic E-state index is 13.7. The number of alkyl halides is 3. The Labute approximate surface area is 224 Å². The standard InChI is InChI=1S/C25H31F3N8OS/c1-34(2)13-14-35(3)23(37)17-8-10-19(11-9-17)32-24-31-16-20(25(26,27)28)21(33-24)30-15-18-7-6-12-29-22(18)36(4)38-5/h6-12,16H,13-15H2,1-5H3,(H2,30,31,32,33). The molecular weight excluding hydrogens is 517 g/mol. The van der Waals surface area contributed by atoms with Crippen LogP contribution in [-0.2, 0) is 12.7 Å². The van der Waals surface area contributed by atoms with Gasteiger partial charge in [-0.3, -0.25) is 4.79 Å². The molecule has 0 saturated carbocycles. The van der Waals surface area contributed by atoms with Crippen LogP contribution >= 0.6 is 11.9 Å². The van der Waals surface area contributed by atoms with Gasteiger partial charge < -0.3 is 24.7 Å². The third kappa shape index (κ3) is 7.71. The second-order valence-electron chi connectivity index (χ2n) is 8.71. The minimum atomic E-state index is -4.64. The molecule has 0 spiro atoms. The zero-order valence-electron chi connectivity index (χ0n) is 21.9. The van der Waals surface area contributed by atoms with Gasteiger partial charge in [-0.15, -0.1) is 0 Å². The number of anilines is 4. The van der Waals surface area contributed by atoms with Gasteiger partial charge in [-0.2, -0.15) is 18.2 Å². The van der Waals surface area contributed by atoms with Crippen LogP contribution in [0.2, 0.25) is 0 Å². The lowest BCUT2D eigenvalue weighted by molar-refractivity contribution is -0.137. The van der Waals surface area contributed by atoms with Gasteiger partial charge in [-0.1, -0.05) is 18.0 Å². The van der Waals surface area contributed by atoms with Crippen molar-refractivity contribution in [2.45, 2.75) is 12.7 Å². The molecule has 2 N–H and O–H groups in total. The lowest BCUT2D eigenvalue weighted by atomic mass is 10.2. The summed E-state index contributed by atoms with van der Waals surface area (Å²) < 4.78 is 42.9. The van der Waals surface area contributed by atoms with Gasteiger partial charge in [0.25, 0.3) is 5.91 Å². The molecule has 0 saturated heterocycles. The molecule has 1 amide bonds. The van der Waals surface area contributed by atoms with Gasteiger partial charge >= 0.3 is 6.18 Å². The smallest absolute Gasteiger partial charge is 0.365 e. The van der Waals surface area contributed by atoms with Crippen molar-refractivity contribution in [1.29, 1.82) is 0 Å². The molecule has 13 heteroatoms. The van der Waals surface area contributed by atoms with Gasteiger partial charge in [-0.05, 0) is 44.4 Å². The molecule has 0 bridgehead atoms. The Morgan fingerprint density at radius 3 is 2.37 bits per heavy atom. The van der Waals surface area contributed by atoms with Crippen molar-refractivity contribution >= 4 is 41.1 Å². The van der Waals surface area contributed by atoms with Gasteiger partial charge in [0, 0.05) is 69.2 Å². The molecule has 0 atom stereocenters. The third-order valence-corrected chi connectivity index (χ3v) is 6.32. The highest BCUT2D eigenvalue weighted by Gasteiger charge is 2.35. The first-order valence-electron chi connectivity index (χ1n) is 11.7. The zero-order valence-corrected chi connectivity index (χ0v) is 22.7. The molecule has 38 heavy (non-hydrogen) atoms. The van der Waals surface area contributed by atoms with Crippen LogP contribution in [0.15, 0.2) is 48.8 Å². The molecule has 3 rings (SSSR count). The van der Waals surface area contributed by atoms with Crippen LogP contribution in [0.3, 0.4) is 0 Å². The van der Waals surface area contributed by atoms with Crippen LogP contribution < -0.4 is 14.9 Å². The Bertz CT molecular complexity index is 1220. The first-order valence-corrected chi connectivity index (χ1v) is 12.8. The van der Waals surface area contributed by atoms with Crippen molar-refractivity contribution in [2.75, 3.05) is 62.5 Å². The summed E-state index contributed by atoms with van der Waals surface area (Å²) in [6, 6.07) is 10.1. The lowest BCUT2D eigenvalue weighted by Crippen LogP contribution is -2.33. The molecule has 9 nitrogen and oxygen atoms in total. The van der Waals surface area contributed by atoms with Gasteiger partial charge in [0.05, 0.1) is 0 Å². The Morgan fingerprint density at radius 2 is 1.74 bits per heavy atom. The van der Waals surface area contributed by atoms with Crippen LogP contribution in [-0.4, -0.2) is 78.2 Å². The maximum absolute atomic E-state index is 13.7. The normalized spacial score (nSPS) is 11.4. The fraction of sp³-hybridized carbons (Fsp3) is 0.360. The molecule has 2 heterocycles. The molecule has 0 aliphatic carbocycles. The molecule has 0 fully saturated rings. The van der Waals surface area contributed by atoms with Crippen molar-refractivity contribution in [1.82, 2.24) is 24.8 Å². The van der Waals surface area contributed by atoms with Gasteiger partial charge in [0.1, 0.15) is 17.2 Å². The molecule has 2 aromatic heterocycles. The number of pyridine rings is 1. The molecule has 0 unspecified atom stereocenters. The van der Waals surface area contributed by atoms with Gasteiger partial charge in [0.15, 0.2) is 0 Å². The molecule has 0 radical (unpaired) electrons.